The monoisotopic (exact) mass is 501 g/mol. The third-order valence-corrected chi connectivity index (χ3v) is 7.39. The second kappa shape index (κ2) is 12.2. The predicted octanol–water partition coefficient (Wildman–Crippen LogP) is 5.87. The highest BCUT2D eigenvalue weighted by Gasteiger charge is 2.24. The molecular weight excluding hydrogens is 468 g/mol. The van der Waals surface area contributed by atoms with E-state index in [1.54, 1.807) is 24.3 Å². The van der Waals surface area contributed by atoms with Crippen LogP contribution in [0.25, 0.3) is 0 Å². The molecule has 0 amide bonds. The Morgan fingerprint density at radius 1 is 0.757 bits per heavy atom. The number of piperidine rings is 1. The van der Waals surface area contributed by atoms with Gasteiger partial charge in [-0.2, -0.15) is 0 Å². The van der Waals surface area contributed by atoms with E-state index in [1.165, 1.54) is 49.1 Å². The summed E-state index contributed by atoms with van der Waals surface area (Å²) in [6.45, 7) is 4.09. The molecule has 5 nitrogen and oxygen atoms in total. The van der Waals surface area contributed by atoms with E-state index in [2.05, 4.69) is 50.8 Å². The zero-order valence-electron chi connectivity index (χ0n) is 21.0. The zero-order valence-corrected chi connectivity index (χ0v) is 21.0. The van der Waals surface area contributed by atoms with Crippen molar-refractivity contribution in [2.24, 2.45) is 5.92 Å². The number of hydrogen-bond acceptors (Lipinski definition) is 4. The second-order valence-electron chi connectivity index (χ2n) is 9.98. The van der Waals surface area contributed by atoms with Gasteiger partial charge in [0.1, 0.15) is 11.6 Å². The van der Waals surface area contributed by atoms with Crippen molar-refractivity contribution in [3.63, 3.8) is 0 Å². The maximum atomic E-state index is 13.6. The summed E-state index contributed by atoms with van der Waals surface area (Å²) in [5.74, 6) is 0.549. The van der Waals surface area contributed by atoms with Crippen molar-refractivity contribution in [2.45, 2.75) is 44.6 Å². The molecule has 0 bridgehead atoms. The lowest BCUT2D eigenvalue weighted by Crippen LogP contribution is -2.35. The Kier molecular flexibility index (Phi) is 8.31. The highest BCUT2D eigenvalue weighted by atomic mass is 19.1. The predicted molar refractivity (Wildman–Crippen MR) is 140 cm³/mol. The molecule has 1 aromatic heterocycles. The topological polar surface area (TPSA) is 46.8 Å². The quantitative estimate of drug-likeness (QED) is 0.255. The Bertz CT molecular complexity index is 1190. The number of hydrogen-bond donors (Lipinski definition) is 0. The van der Waals surface area contributed by atoms with Gasteiger partial charge in [0.2, 0.25) is 0 Å². The van der Waals surface area contributed by atoms with Crippen molar-refractivity contribution in [1.29, 1.82) is 0 Å². The molecule has 1 aliphatic rings. The van der Waals surface area contributed by atoms with E-state index in [1.807, 2.05) is 4.68 Å². The summed E-state index contributed by atoms with van der Waals surface area (Å²) >= 11 is 0. The lowest BCUT2D eigenvalue weighted by atomic mass is 9.90. The van der Waals surface area contributed by atoms with Gasteiger partial charge in [-0.05, 0) is 109 Å². The van der Waals surface area contributed by atoms with Gasteiger partial charge in [-0.3, -0.25) is 0 Å². The fraction of sp³-hybridized carbons (Fsp3) is 0.367. The van der Waals surface area contributed by atoms with Gasteiger partial charge in [-0.15, -0.1) is 5.10 Å². The van der Waals surface area contributed by atoms with Crippen molar-refractivity contribution in [2.75, 3.05) is 19.6 Å². The second-order valence-corrected chi connectivity index (χ2v) is 9.98. The molecule has 2 heterocycles. The normalized spacial score (nSPS) is 14.9. The van der Waals surface area contributed by atoms with Gasteiger partial charge in [0, 0.05) is 6.54 Å². The summed E-state index contributed by atoms with van der Waals surface area (Å²) in [7, 11) is 0. The van der Waals surface area contributed by atoms with Crippen LogP contribution in [0.2, 0.25) is 0 Å². The van der Waals surface area contributed by atoms with Crippen LogP contribution in [0.1, 0.15) is 54.1 Å². The number of unbranched alkanes of at least 4 members (excludes halogenated alkanes) is 1. The number of nitrogens with zero attached hydrogens (tertiary/aromatic N) is 5. The van der Waals surface area contributed by atoms with Gasteiger partial charge in [0.25, 0.3) is 0 Å². The van der Waals surface area contributed by atoms with Crippen molar-refractivity contribution in [3.05, 3.63) is 113 Å². The van der Waals surface area contributed by atoms with E-state index >= 15 is 0 Å². The van der Waals surface area contributed by atoms with Crippen LogP contribution in [-0.2, 0) is 13.0 Å². The molecule has 0 N–H and O–H groups in total. The van der Waals surface area contributed by atoms with Gasteiger partial charge < -0.3 is 4.90 Å². The average molecular weight is 502 g/mol. The van der Waals surface area contributed by atoms with E-state index in [0.29, 0.717) is 12.4 Å². The van der Waals surface area contributed by atoms with Crippen LogP contribution < -0.4 is 0 Å². The van der Waals surface area contributed by atoms with E-state index in [9.17, 15) is 8.78 Å². The molecule has 37 heavy (non-hydrogen) atoms. The number of rotatable bonds is 10. The highest BCUT2D eigenvalue weighted by Crippen LogP contribution is 2.31. The fourth-order valence-electron chi connectivity index (χ4n) is 5.34. The van der Waals surface area contributed by atoms with Crippen molar-refractivity contribution < 1.29 is 8.78 Å². The van der Waals surface area contributed by atoms with Gasteiger partial charge in [0.15, 0.2) is 5.82 Å². The minimum absolute atomic E-state index is 0.301. The van der Waals surface area contributed by atoms with Crippen LogP contribution in [0.5, 0.6) is 0 Å². The van der Waals surface area contributed by atoms with E-state index < -0.39 is 0 Å². The number of tetrazole rings is 1. The number of halogens is 2. The summed E-state index contributed by atoms with van der Waals surface area (Å²) < 4.78 is 29.1. The highest BCUT2D eigenvalue weighted by molar-refractivity contribution is 5.38. The lowest BCUT2D eigenvalue weighted by Gasteiger charge is -2.32. The number of likely N-dealkylation sites (tertiary alicyclic amines) is 1. The molecule has 7 heteroatoms. The maximum absolute atomic E-state index is 13.6. The van der Waals surface area contributed by atoms with Crippen LogP contribution in [0.4, 0.5) is 8.78 Å². The molecule has 4 aromatic rings. The first-order chi connectivity index (χ1) is 18.2. The van der Waals surface area contributed by atoms with Crippen molar-refractivity contribution >= 4 is 0 Å². The largest absolute Gasteiger partial charge is 0.303 e. The fourth-order valence-corrected chi connectivity index (χ4v) is 5.34. The third-order valence-electron chi connectivity index (χ3n) is 7.39. The molecule has 0 saturated carbocycles. The van der Waals surface area contributed by atoms with E-state index in [0.717, 1.165) is 49.5 Å². The standard InChI is InChI=1S/C30H33F2N5/c31-27-12-8-25(9-13-27)29(26-10-14-28(32)15-11-26)30-33-34-35-37(30)19-5-4-18-36-20-16-24(17-21-36)22-23-6-2-1-3-7-23/h1-3,6-15,24,29H,4-5,16-22H2. The first kappa shape index (κ1) is 25.2. The molecule has 1 aliphatic heterocycles. The lowest BCUT2D eigenvalue weighted by molar-refractivity contribution is 0.180. The van der Waals surface area contributed by atoms with Gasteiger partial charge in [-0.1, -0.05) is 54.6 Å². The molecule has 0 radical (unpaired) electrons. The molecule has 5 rings (SSSR count). The van der Waals surface area contributed by atoms with Crippen molar-refractivity contribution in [3.8, 4) is 0 Å². The minimum atomic E-state index is -0.306. The molecule has 0 aliphatic carbocycles. The van der Waals surface area contributed by atoms with E-state index in [4.69, 9.17) is 0 Å². The molecule has 192 valence electrons. The average Bonchev–Trinajstić information content (AvgIpc) is 3.38. The van der Waals surface area contributed by atoms with Crippen molar-refractivity contribution in [1.82, 2.24) is 25.1 Å². The van der Waals surface area contributed by atoms with Crippen LogP contribution in [0.3, 0.4) is 0 Å². The number of benzene rings is 3. The van der Waals surface area contributed by atoms with Crippen LogP contribution in [0, 0.1) is 17.6 Å². The maximum Gasteiger partial charge on any atom is 0.163 e. The molecule has 0 atom stereocenters. The third kappa shape index (κ3) is 6.66. The summed E-state index contributed by atoms with van der Waals surface area (Å²) in [5.41, 5.74) is 3.17. The van der Waals surface area contributed by atoms with Gasteiger partial charge in [0.05, 0.1) is 5.92 Å². The smallest absolute Gasteiger partial charge is 0.163 e. The Labute approximate surface area is 217 Å². The van der Waals surface area contributed by atoms with Gasteiger partial charge >= 0.3 is 0 Å². The Hall–Kier alpha value is -3.45. The van der Waals surface area contributed by atoms with Crippen LogP contribution in [-0.4, -0.2) is 44.7 Å². The molecule has 1 fully saturated rings. The summed E-state index contributed by atoms with van der Waals surface area (Å²) in [5, 5.41) is 12.5. The summed E-state index contributed by atoms with van der Waals surface area (Å²) in [4.78, 5) is 2.57. The van der Waals surface area contributed by atoms with Crippen LogP contribution in [0.15, 0.2) is 78.9 Å². The summed E-state index contributed by atoms with van der Waals surface area (Å²) in [6, 6.07) is 23.5. The zero-order chi connectivity index (χ0) is 25.5. The Morgan fingerprint density at radius 2 is 1.35 bits per heavy atom. The molecule has 0 unspecified atom stereocenters. The van der Waals surface area contributed by atoms with Crippen LogP contribution >= 0.6 is 0 Å². The van der Waals surface area contributed by atoms with E-state index in [-0.39, 0.29) is 17.6 Å². The molecule has 3 aromatic carbocycles. The Morgan fingerprint density at radius 3 is 1.97 bits per heavy atom. The Balaban J connectivity index is 1.16. The molecular formula is C30H33F2N5. The summed E-state index contributed by atoms with van der Waals surface area (Å²) in [6.07, 6.45) is 5.72. The molecule has 1 saturated heterocycles. The first-order valence-electron chi connectivity index (χ1n) is 13.2. The SMILES string of the molecule is Fc1ccc(C(c2ccc(F)cc2)c2nnnn2CCCCN2CCC(Cc3ccccc3)CC2)cc1. The van der Waals surface area contributed by atoms with Gasteiger partial charge in [-0.25, -0.2) is 13.5 Å². The first-order valence-corrected chi connectivity index (χ1v) is 13.2. The molecule has 0 spiro atoms. The number of aryl methyl sites for hydroxylation is 1. The number of aromatic nitrogens is 4. The minimum Gasteiger partial charge on any atom is -0.303 e.